The third-order valence-corrected chi connectivity index (χ3v) is 9.81. The summed E-state index contributed by atoms with van der Waals surface area (Å²) in [4.78, 5) is 0. The van der Waals surface area contributed by atoms with Gasteiger partial charge >= 0.3 is 12.5 Å². The molecule has 9 heteroatoms. The van der Waals surface area contributed by atoms with Gasteiger partial charge in [-0.3, -0.25) is 0 Å². The van der Waals surface area contributed by atoms with E-state index in [0.29, 0.717) is 81.3 Å². The first kappa shape index (κ1) is 31.1. The molecule has 0 spiro atoms. The molecule has 3 aliphatic rings. The minimum atomic E-state index is -4.96. The van der Waals surface area contributed by atoms with Gasteiger partial charge in [0, 0.05) is 0 Å². The van der Waals surface area contributed by atoms with Crippen molar-refractivity contribution in [2.75, 3.05) is 0 Å². The van der Waals surface area contributed by atoms with E-state index < -0.39 is 36.1 Å². The number of halogens is 7. The molecule has 0 aliphatic heterocycles. The number of alkyl halides is 5. The molecular formula is C33H39F7O2. The molecule has 2 aromatic carbocycles. The van der Waals surface area contributed by atoms with Crippen LogP contribution in [-0.2, 0) is 4.74 Å². The van der Waals surface area contributed by atoms with E-state index in [0.717, 1.165) is 30.5 Å². The summed E-state index contributed by atoms with van der Waals surface area (Å²) < 4.78 is 105. The van der Waals surface area contributed by atoms with Gasteiger partial charge in [-0.05, 0) is 123 Å². The summed E-state index contributed by atoms with van der Waals surface area (Å²) in [5, 5.41) is 0. The highest BCUT2D eigenvalue weighted by Crippen LogP contribution is 2.45. The number of benzene rings is 2. The predicted octanol–water partition coefficient (Wildman–Crippen LogP) is 10.8. The van der Waals surface area contributed by atoms with Crippen LogP contribution in [0.5, 0.6) is 5.75 Å². The third-order valence-electron chi connectivity index (χ3n) is 9.81. The Bertz CT molecular complexity index is 1190. The molecule has 5 rings (SSSR count). The second-order valence-corrected chi connectivity index (χ2v) is 12.7. The molecule has 232 valence electrons. The van der Waals surface area contributed by atoms with E-state index in [9.17, 15) is 26.3 Å². The van der Waals surface area contributed by atoms with Gasteiger partial charge in [0.2, 0.25) is 0 Å². The van der Waals surface area contributed by atoms with Crippen molar-refractivity contribution in [2.45, 2.75) is 120 Å². The van der Waals surface area contributed by atoms with Crippen molar-refractivity contribution in [3.05, 3.63) is 64.7 Å². The Balaban J connectivity index is 1.12. The van der Waals surface area contributed by atoms with Crippen LogP contribution < -0.4 is 4.74 Å². The van der Waals surface area contributed by atoms with Crippen LogP contribution in [0.25, 0.3) is 0 Å². The van der Waals surface area contributed by atoms with E-state index in [2.05, 4.69) is 11.7 Å². The molecule has 3 aliphatic carbocycles. The fourth-order valence-corrected chi connectivity index (χ4v) is 7.27. The number of hydrogen-bond donors (Lipinski definition) is 0. The lowest BCUT2D eigenvalue weighted by atomic mass is 9.75. The fraction of sp³-hybridized carbons (Fsp3) is 0.636. The molecule has 2 aromatic rings. The van der Waals surface area contributed by atoms with E-state index in [1.807, 2.05) is 12.1 Å². The average molecular weight is 601 g/mol. The van der Waals surface area contributed by atoms with Gasteiger partial charge in [0.25, 0.3) is 0 Å². The Morgan fingerprint density at radius 2 is 1.14 bits per heavy atom. The number of ether oxygens (including phenoxy) is 2. The molecule has 0 radical (unpaired) electrons. The Morgan fingerprint density at radius 3 is 1.69 bits per heavy atom. The normalized spacial score (nSPS) is 29.3. The zero-order valence-corrected chi connectivity index (χ0v) is 23.9. The van der Waals surface area contributed by atoms with Crippen molar-refractivity contribution >= 4 is 0 Å². The summed E-state index contributed by atoms with van der Waals surface area (Å²) in [6.45, 7) is 2.10. The van der Waals surface area contributed by atoms with Gasteiger partial charge in [0.05, 0.1) is 12.0 Å². The molecule has 0 saturated heterocycles. The highest BCUT2D eigenvalue weighted by molar-refractivity contribution is 5.33. The van der Waals surface area contributed by atoms with Crippen molar-refractivity contribution < 1.29 is 40.2 Å². The van der Waals surface area contributed by atoms with Gasteiger partial charge in [0.1, 0.15) is 5.82 Å². The maximum atomic E-state index is 15.3. The smallest absolute Gasteiger partial charge is 0.403 e. The topological polar surface area (TPSA) is 18.5 Å². The van der Waals surface area contributed by atoms with Crippen LogP contribution >= 0.6 is 0 Å². The van der Waals surface area contributed by atoms with Crippen molar-refractivity contribution in [2.24, 2.45) is 11.8 Å². The molecule has 0 heterocycles. The highest BCUT2D eigenvalue weighted by atomic mass is 19.4. The summed E-state index contributed by atoms with van der Waals surface area (Å²) in [7, 11) is 0. The first-order valence-electron chi connectivity index (χ1n) is 15.3. The summed E-state index contributed by atoms with van der Waals surface area (Å²) in [5.41, 5.74) is 2.13. The van der Waals surface area contributed by atoms with Crippen molar-refractivity contribution in [3.63, 3.8) is 0 Å². The van der Waals surface area contributed by atoms with Crippen LogP contribution in [0, 0.1) is 23.5 Å². The van der Waals surface area contributed by atoms with E-state index in [-0.39, 0.29) is 23.6 Å². The number of rotatable bonds is 7. The molecule has 3 fully saturated rings. The first-order chi connectivity index (χ1) is 19.9. The van der Waals surface area contributed by atoms with Crippen LogP contribution in [-0.4, -0.2) is 18.6 Å². The molecule has 3 saturated carbocycles. The average Bonchev–Trinajstić information content (AvgIpc) is 2.94. The van der Waals surface area contributed by atoms with Gasteiger partial charge < -0.3 is 9.47 Å². The third kappa shape index (κ3) is 7.61. The summed E-state index contributed by atoms with van der Waals surface area (Å²) in [5.74, 6) is -2.30. The number of hydrogen-bond acceptors (Lipinski definition) is 2. The van der Waals surface area contributed by atoms with Gasteiger partial charge in [-0.1, -0.05) is 38.0 Å². The molecular weight excluding hydrogens is 561 g/mol. The fourth-order valence-electron chi connectivity index (χ4n) is 7.27. The molecule has 0 amide bonds. The minimum Gasteiger partial charge on any atom is -0.403 e. The molecule has 0 N–H and O–H groups in total. The Labute approximate surface area is 243 Å². The van der Waals surface area contributed by atoms with Crippen molar-refractivity contribution in [3.8, 4) is 5.75 Å². The molecule has 0 bridgehead atoms. The van der Waals surface area contributed by atoms with Gasteiger partial charge in [0.15, 0.2) is 11.6 Å². The van der Waals surface area contributed by atoms with Crippen LogP contribution in [0.4, 0.5) is 30.7 Å². The predicted molar refractivity (Wildman–Crippen MR) is 146 cm³/mol. The van der Waals surface area contributed by atoms with Crippen LogP contribution in [0.15, 0.2) is 36.4 Å². The van der Waals surface area contributed by atoms with Crippen molar-refractivity contribution in [1.29, 1.82) is 0 Å². The van der Waals surface area contributed by atoms with E-state index >= 15 is 4.39 Å². The van der Waals surface area contributed by atoms with E-state index in [1.54, 1.807) is 6.07 Å². The second kappa shape index (κ2) is 12.7. The lowest BCUT2D eigenvalue weighted by molar-refractivity contribution is -0.301. The second-order valence-electron chi connectivity index (χ2n) is 12.7. The zero-order valence-electron chi connectivity index (χ0n) is 23.9. The Kier molecular flexibility index (Phi) is 9.45. The first-order valence-corrected chi connectivity index (χ1v) is 15.3. The molecule has 2 nitrogen and oxygen atoms in total. The monoisotopic (exact) mass is 600 g/mol. The van der Waals surface area contributed by atoms with Gasteiger partial charge in [-0.2, -0.15) is 8.78 Å². The maximum Gasteiger partial charge on any atom is 0.573 e. The SMILES string of the molecule is CC1CCC(C(F)(F)OC2CCC(c3ccc(C4CCC(c5ccc(OC(F)(F)F)c(F)c5)CC4)c(F)c3)CC2)CC1. The van der Waals surface area contributed by atoms with Crippen LogP contribution in [0.3, 0.4) is 0 Å². The quantitative estimate of drug-likeness (QED) is 0.294. The highest BCUT2D eigenvalue weighted by Gasteiger charge is 2.44. The van der Waals surface area contributed by atoms with Crippen LogP contribution in [0.1, 0.15) is 118 Å². The molecule has 0 atom stereocenters. The van der Waals surface area contributed by atoms with Crippen molar-refractivity contribution in [1.82, 2.24) is 0 Å². The Hall–Kier alpha value is -2.29. The summed E-state index contributed by atoms with van der Waals surface area (Å²) >= 11 is 0. The van der Waals surface area contributed by atoms with Gasteiger partial charge in [-0.25, -0.2) is 8.78 Å². The molecule has 0 aromatic heterocycles. The summed E-state index contributed by atoms with van der Waals surface area (Å²) in [6.07, 6.45) is -0.786. The largest absolute Gasteiger partial charge is 0.573 e. The Morgan fingerprint density at radius 1 is 0.619 bits per heavy atom. The standard InChI is InChI=1S/C33H39F7O2/c1-20-2-12-26(13-3-20)32(36,37)41-27-14-8-22(9-15-27)24-10-16-28(29(34)18-24)23-6-4-21(5-7-23)25-11-17-31(30(35)19-25)42-33(38,39)40/h10-11,16-23,26-27H,2-9,12-15H2,1H3. The van der Waals surface area contributed by atoms with Gasteiger partial charge in [-0.15, -0.1) is 13.2 Å². The molecule has 42 heavy (non-hydrogen) atoms. The summed E-state index contributed by atoms with van der Waals surface area (Å²) in [6, 6.07) is 8.92. The van der Waals surface area contributed by atoms with E-state index in [4.69, 9.17) is 4.74 Å². The lowest BCUT2D eigenvalue weighted by Crippen LogP contribution is -2.38. The van der Waals surface area contributed by atoms with E-state index in [1.165, 1.54) is 6.07 Å². The maximum absolute atomic E-state index is 15.3. The van der Waals surface area contributed by atoms with Crippen LogP contribution in [0.2, 0.25) is 0 Å². The lowest BCUT2D eigenvalue weighted by Gasteiger charge is -2.36. The minimum absolute atomic E-state index is 0.00197. The molecule has 0 unspecified atom stereocenters. The zero-order chi connectivity index (χ0) is 30.1.